The van der Waals surface area contributed by atoms with Gasteiger partial charge in [0.25, 0.3) is 5.91 Å². The van der Waals surface area contributed by atoms with E-state index in [0.717, 1.165) is 24.5 Å². The molecule has 0 aliphatic carbocycles. The Morgan fingerprint density at radius 3 is 2.45 bits per heavy atom. The van der Waals surface area contributed by atoms with Gasteiger partial charge in [0, 0.05) is 29.8 Å². The van der Waals surface area contributed by atoms with Crippen molar-refractivity contribution in [3.63, 3.8) is 0 Å². The molecule has 0 spiro atoms. The van der Waals surface area contributed by atoms with Crippen LogP contribution in [0.2, 0.25) is 0 Å². The summed E-state index contributed by atoms with van der Waals surface area (Å²) in [5, 5.41) is 4.85. The van der Waals surface area contributed by atoms with E-state index in [1.54, 1.807) is 5.38 Å². The van der Waals surface area contributed by atoms with E-state index in [1.165, 1.54) is 11.3 Å². The first-order valence-electron chi connectivity index (χ1n) is 6.51. The minimum Gasteiger partial charge on any atom is -0.375 e. The van der Waals surface area contributed by atoms with Gasteiger partial charge in [-0.1, -0.05) is 0 Å². The molecule has 106 valence electrons. The van der Waals surface area contributed by atoms with Gasteiger partial charge < -0.3 is 16.0 Å². The predicted octanol–water partition coefficient (Wildman–Crippen LogP) is 2.82. The molecule has 20 heavy (non-hydrogen) atoms. The fourth-order valence-corrected chi connectivity index (χ4v) is 2.47. The quantitative estimate of drug-likeness (QED) is 0.888. The molecule has 2 aromatic rings. The summed E-state index contributed by atoms with van der Waals surface area (Å²) in [6.07, 6.45) is 0. The minimum absolute atomic E-state index is 0.242. The summed E-state index contributed by atoms with van der Waals surface area (Å²) in [5.74, 6) is -0.242. The third kappa shape index (κ3) is 3.27. The summed E-state index contributed by atoms with van der Waals surface area (Å²) in [5.41, 5.74) is 7.75. The summed E-state index contributed by atoms with van der Waals surface area (Å²) in [6.45, 7) is 6.15. The molecule has 6 heteroatoms. The van der Waals surface area contributed by atoms with Crippen molar-refractivity contribution in [1.82, 2.24) is 4.98 Å². The fourth-order valence-electron chi connectivity index (χ4n) is 1.93. The number of nitrogens with one attached hydrogen (secondary N) is 1. The van der Waals surface area contributed by atoms with Crippen molar-refractivity contribution in [2.75, 3.05) is 29.0 Å². The zero-order chi connectivity index (χ0) is 14.5. The maximum absolute atomic E-state index is 11.9. The van der Waals surface area contributed by atoms with Gasteiger partial charge in [0.05, 0.1) is 0 Å². The van der Waals surface area contributed by atoms with Crippen molar-refractivity contribution < 1.29 is 4.79 Å². The lowest BCUT2D eigenvalue weighted by atomic mass is 10.2. The van der Waals surface area contributed by atoms with Crippen LogP contribution >= 0.6 is 11.3 Å². The highest BCUT2D eigenvalue weighted by Crippen LogP contribution is 2.19. The fraction of sp³-hybridized carbons (Fsp3) is 0.286. The smallest absolute Gasteiger partial charge is 0.275 e. The highest BCUT2D eigenvalue weighted by Gasteiger charge is 2.10. The largest absolute Gasteiger partial charge is 0.375 e. The van der Waals surface area contributed by atoms with E-state index >= 15 is 0 Å². The molecule has 0 bridgehead atoms. The number of carbonyl (C=O) groups excluding carboxylic acids is 1. The average molecular weight is 290 g/mol. The summed E-state index contributed by atoms with van der Waals surface area (Å²) in [6, 6.07) is 7.78. The second-order valence-corrected chi connectivity index (χ2v) is 5.13. The summed E-state index contributed by atoms with van der Waals surface area (Å²) < 4.78 is 0. The van der Waals surface area contributed by atoms with Crippen molar-refractivity contribution in [2.45, 2.75) is 13.8 Å². The molecule has 2 rings (SSSR count). The molecule has 0 atom stereocenters. The number of carbonyl (C=O) groups is 1. The lowest BCUT2D eigenvalue weighted by Gasteiger charge is -2.21. The van der Waals surface area contributed by atoms with Crippen LogP contribution < -0.4 is 16.0 Å². The van der Waals surface area contributed by atoms with Crippen LogP contribution in [-0.2, 0) is 0 Å². The van der Waals surface area contributed by atoms with Crippen LogP contribution in [-0.4, -0.2) is 24.0 Å². The number of nitrogens with two attached hydrogens (primary N) is 1. The number of rotatable bonds is 5. The Hall–Kier alpha value is -2.08. The molecule has 1 amide bonds. The lowest BCUT2D eigenvalue weighted by molar-refractivity contribution is 0.102. The topological polar surface area (TPSA) is 71.2 Å². The van der Waals surface area contributed by atoms with Crippen molar-refractivity contribution >= 4 is 33.8 Å². The number of hydrogen-bond acceptors (Lipinski definition) is 5. The Bertz CT molecular complexity index is 575. The molecule has 0 aliphatic heterocycles. The zero-order valence-corrected chi connectivity index (χ0v) is 12.4. The first kappa shape index (κ1) is 14.3. The van der Waals surface area contributed by atoms with Gasteiger partial charge in [-0.2, -0.15) is 0 Å². The molecule has 0 unspecified atom stereocenters. The van der Waals surface area contributed by atoms with Crippen LogP contribution in [0.4, 0.5) is 16.5 Å². The SMILES string of the molecule is CCN(CC)c1ccc(NC(=O)c2csc(N)n2)cc1. The molecule has 5 nitrogen and oxygen atoms in total. The number of aromatic nitrogens is 1. The molecule has 3 N–H and O–H groups in total. The third-order valence-electron chi connectivity index (χ3n) is 3.01. The first-order chi connectivity index (χ1) is 9.63. The molecule has 0 aliphatic rings. The highest BCUT2D eigenvalue weighted by molar-refractivity contribution is 7.13. The van der Waals surface area contributed by atoms with Gasteiger partial charge in [-0.25, -0.2) is 4.98 Å². The number of benzene rings is 1. The first-order valence-corrected chi connectivity index (χ1v) is 7.39. The van der Waals surface area contributed by atoms with Gasteiger partial charge in [-0.3, -0.25) is 4.79 Å². The maximum Gasteiger partial charge on any atom is 0.275 e. The van der Waals surface area contributed by atoms with E-state index in [9.17, 15) is 4.79 Å². The molecule has 0 saturated heterocycles. The molecule has 1 aromatic heterocycles. The molecule has 0 radical (unpaired) electrons. The minimum atomic E-state index is -0.242. The van der Waals surface area contributed by atoms with Crippen LogP contribution in [0.1, 0.15) is 24.3 Å². The number of anilines is 3. The Kier molecular flexibility index (Phi) is 4.57. The second-order valence-electron chi connectivity index (χ2n) is 4.24. The van der Waals surface area contributed by atoms with Gasteiger partial charge in [0.2, 0.25) is 0 Å². The molecule has 0 saturated carbocycles. The average Bonchev–Trinajstić information content (AvgIpc) is 2.89. The van der Waals surface area contributed by atoms with Crippen LogP contribution in [0.5, 0.6) is 0 Å². The molecular weight excluding hydrogens is 272 g/mol. The Labute approximate surface area is 122 Å². The Morgan fingerprint density at radius 1 is 1.30 bits per heavy atom. The number of thiazole rings is 1. The van der Waals surface area contributed by atoms with E-state index < -0.39 is 0 Å². The van der Waals surface area contributed by atoms with E-state index in [2.05, 4.69) is 29.0 Å². The summed E-state index contributed by atoms with van der Waals surface area (Å²) >= 11 is 1.25. The van der Waals surface area contributed by atoms with E-state index in [4.69, 9.17) is 5.73 Å². The highest BCUT2D eigenvalue weighted by atomic mass is 32.1. The number of amides is 1. The van der Waals surface area contributed by atoms with Gasteiger partial charge in [-0.05, 0) is 38.1 Å². The second kappa shape index (κ2) is 6.38. The van der Waals surface area contributed by atoms with Gasteiger partial charge >= 0.3 is 0 Å². The van der Waals surface area contributed by atoms with Gasteiger partial charge in [0.15, 0.2) is 5.13 Å². The van der Waals surface area contributed by atoms with E-state index in [1.807, 2.05) is 24.3 Å². The van der Waals surface area contributed by atoms with Crippen molar-refractivity contribution in [2.24, 2.45) is 0 Å². The van der Waals surface area contributed by atoms with Gasteiger partial charge in [-0.15, -0.1) is 11.3 Å². The predicted molar refractivity (Wildman–Crippen MR) is 84.5 cm³/mol. The lowest BCUT2D eigenvalue weighted by Crippen LogP contribution is -2.21. The number of nitrogens with zero attached hydrogens (tertiary/aromatic N) is 2. The summed E-state index contributed by atoms with van der Waals surface area (Å²) in [7, 11) is 0. The van der Waals surface area contributed by atoms with Crippen LogP contribution in [0, 0.1) is 0 Å². The molecule has 1 aromatic carbocycles. The standard InChI is InChI=1S/C14H18N4OS/c1-3-18(4-2)11-7-5-10(6-8-11)16-13(19)12-9-20-14(15)17-12/h5-9H,3-4H2,1-2H3,(H2,15,17)(H,16,19). The van der Waals surface area contributed by atoms with Crippen molar-refractivity contribution in [1.29, 1.82) is 0 Å². The van der Waals surface area contributed by atoms with Crippen LogP contribution in [0.3, 0.4) is 0 Å². The maximum atomic E-state index is 11.9. The third-order valence-corrected chi connectivity index (χ3v) is 3.68. The van der Waals surface area contributed by atoms with E-state index in [-0.39, 0.29) is 5.91 Å². The zero-order valence-electron chi connectivity index (χ0n) is 11.6. The number of hydrogen-bond donors (Lipinski definition) is 2. The summed E-state index contributed by atoms with van der Waals surface area (Å²) in [4.78, 5) is 18.1. The normalized spacial score (nSPS) is 10.3. The Balaban J connectivity index is 2.05. The van der Waals surface area contributed by atoms with Crippen LogP contribution in [0.25, 0.3) is 0 Å². The number of nitrogen functional groups attached to an aromatic ring is 1. The van der Waals surface area contributed by atoms with E-state index in [0.29, 0.717) is 10.8 Å². The van der Waals surface area contributed by atoms with Crippen molar-refractivity contribution in [3.05, 3.63) is 35.3 Å². The molecule has 1 heterocycles. The van der Waals surface area contributed by atoms with Crippen LogP contribution in [0.15, 0.2) is 29.6 Å². The van der Waals surface area contributed by atoms with Crippen molar-refractivity contribution in [3.8, 4) is 0 Å². The monoisotopic (exact) mass is 290 g/mol. The van der Waals surface area contributed by atoms with Gasteiger partial charge in [0.1, 0.15) is 5.69 Å². The molecular formula is C14H18N4OS. The molecule has 0 fully saturated rings. The Morgan fingerprint density at radius 2 is 1.95 bits per heavy atom.